The monoisotopic (exact) mass is 279 g/mol. The Bertz CT molecular complexity index is 371. The van der Waals surface area contributed by atoms with Gasteiger partial charge in [0, 0.05) is 20.2 Å². The Hall–Kier alpha value is -1.06. The van der Waals surface area contributed by atoms with Crippen LogP contribution in [0.4, 0.5) is 0 Å². The normalized spacial score (nSPS) is 11.9. The predicted octanol–water partition coefficient (Wildman–Crippen LogP) is 3.63. The van der Waals surface area contributed by atoms with Crippen molar-refractivity contribution in [1.29, 1.82) is 0 Å². The van der Waals surface area contributed by atoms with E-state index in [0.717, 1.165) is 31.9 Å². The third kappa shape index (κ3) is 6.92. The van der Waals surface area contributed by atoms with Gasteiger partial charge in [-0.2, -0.15) is 0 Å². The summed E-state index contributed by atoms with van der Waals surface area (Å²) in [6.45, 7) is 11.0. The Morgan fingerprint density at radius 1 is 1.15 bits per heavy atom. The van der Waals surface area contributed by atoms with Crippen molar-refractivity contribution in [2.75, 3.05) is 20.3 Å². The summed E-state index contributed by atoms with van der Waals surface area (Å²) in [5.74, 6) is 1.63. The second-order valence-corrected chi connectivity index (χ2v) is 6.24. The van der Waals surface area contributed by atoms with Crippen LogP contribution in [0, 0.1) is 5.92 Å². The molecule has 0 fully saturated rings. The lowest BCUT2D eigenvalue weighted by molar-refractivity contribution is 0.0230. The lowest BCUT2D eigenvalue weighted by atomic mass is 10.1. The number of rotatable bonds is 9. The van der Waals surface area contributed by atoms with E-state index in [9.17, 15) is 0 Å². The molecule has 0 spiro atoms. The average Bonchev–Trinajstić information content (AvgIpc) is 2.40. The largest absolute Gasteiger partial charge is 0.494 e. The first-order chi connectivity index (χ1) is 9.43. The number of nitrogens with one attached hydrogen (secondary N) is 1. The zero-order valence-electron chi connectivity index (χ0n) is 13.5. The van der Waals surface area contributed by atoms with Gasteiger partial charge in [-0.1, -0.05) is 26.0 Å². The summed E-state index contributed by atoms with van der Waals surface area (Å²) < 4.78 is 11.1. The minimum Gasteiger partial charge on any atom is -0.494 e. The first-order valence-electron chi connectivity index (χ1n) is 7.40. The van der Waals surface area contributed by atoms with Gasteiger partial charge in [-0.25, -0.2) is 0 Å². The summed E-state index contributed by atoms with van der Waals surface area (Å²) in [5.41, 5.74) is 1.13. The van der Waals surface area contributed by atoms with Crippen molar-refractivity contribution in [2.45, 2.75) is 46.3 Å². The minimum absolute atomic E-state index is 0.125. The van der Waals surface area contributed by atoms with Gasteiger partial charge in [0.1, 0.15) is 5.75 Å². The van der Waals surface area contributed by atoms with Crippen LogP contribution in [0.25, 0.3) is 0 Å². The lowest BCUT2D eigenvalue weighted by Gasteiger charge is -2.23. The molecule has 1 aromatic rings. The van der Waals surface area contributed by atoms with Crippen LogP contribution in [0.1, 0.15) is 39.7 Å². The van der Waals surface area contributed by atoms with Crippen LogP contribution < -0.4 is 10.1 Å². The minimum atomic E-state index is -0.125. The quantitative estimate of drug-likeness (QED) is 0.749. The van der Waals surface area contributed by atoms with Crippen molar-refractivity contribution in [3.63, 3.8) is 0 Å². The van der Waals surface area contributed by atoms with Gasteiger partial charge >= 0.3 is 0 Å². The van der Waals surface area contributed by atoms with Crippen LogP contribution in [0.2, 0.25) is 0 Å². The van der Waals surface area contributed by atoms with Crippen LogP contribution >= 0.6 is 0 Å². The SMILES string of the molecule is COC(C)(C)CNCc1ccc(OCCC(C)C)cc1. The molecule has 0 aliphatic carbocycles. The second kappa shape index (κ2) is 8.28. The van der Waals surface area contributed by atoms with E-state index in [4.69, 9.17) is 9.47 Å². The van der Waals surface area contributed by atoms with E-state index in [1.54, 1.807) is 7.11 Å². The van der Waals surface area contributed by atoms with Crippen LogP contribution in [-0.4, -0.2) is 25.9 Å². The molecule has 1 N–H and O–H groups in total. The molecule has 0 atom stereocenters. The molecule has 20 heavy (non-hydrogen) atoms. The average molecular weight is 279 g/mol. The fraction of sp³-hybridized carbons (Fsp3) is 0.647. The predicted molar refractivity (Wildman–Crippen MR) is 84.2 cm³/mol. The Kier molecular flexibility index (Phi) is 7.03. The molecule has 0 bridgehead atoms. The maximum atomic E-state index is 5.71. The fourth-order valence-corrected chi connectivity index (χ4v) is 1.70. The smallest absolute Gasteiger partial charge is 0.119 e. The van der Waals surface area contributed by atoms with E-state index in [-0.39, 0.29) is 5.60 Å². The highest BCUT2D eigenvalue weighted by Crippen LogP contribution is 2.13. The Morgan fingerprint density at radius 2 is 1.80 bits per heavy atom. The molecule has 0 saturated heterocycles. The first-order valence-corrected chi connectivity index (χ1v) is 7.40. The van der Waals surface area contributed by atoms with Crippen molar-refractivity contribution in [3.05, 3.63) is 29.8 Å². The van der Waals surface area contributed by atoms with Crippen molar-refractivity contribution in [3.8, 4) is 5.75 Å². The van der Waals surface area contributed by atoms with Crippen LogP contribution in [0.15, 0.2) is 24.3 Å². The molecular weight excluding hydrogens is 250 g/mol. The highest BCUT2D eigenvalue weighted by molar-refractivity contribution is 5.27. The number of benzene rings is 1. The highest BCUT2D eigenvalue weighted by Gasteiger charge is 2.14. The number of hydrogen-bond donors (Lipinski definition) is 1. The van der Waals surface area contributed by atoms with Crippen LogP contribution in [-0.2, 0) is 11.3 Å². The molecule has 0 radical (unpaired) electrons. The number of hydrogen-bond acceptors (Lipinski definition) is 3. The molecule has 1 aromatic carbocycles. The molecule has 0 aliphatic heterocycles. The maximum Gasteiger partial charge on any atom is 0.119 e. The molecule has 0 unspecified atom stereocenters. The van der Waals surface area contributed by atoms with Crippen molar-refractivity contribution < 1.29 is 9.47 Å². The van der Waals surface area contributed by atoms with E-state index < -0.39 is 0 Å². The molecule has 1 rings (SSSR count). The van der Waals surface area contributed by atoms with Gasteiger partial charge in [-0.3, -0.25) is 0 Å². The molecular formula is C17H29NO2. The zero-order valence-corrected chi connectivity index (χ0v) is 13.5. The molecule has 114 valence electrons. The van der Waals surface area contributed by atoms with Gasteiger partial charge in [0.25, 0.3) is 0 Å². The third-order valence-electron chi connectivity index (χ3n) is 3.32. The molecule has 3 nitrogen and oxygen atoms in total. The van der Waals surface area contributed by atoms with E-state index in [1.165, 1.54) is 5.56 Å². The van der Waals surface area contributed by atoms with E-state index in [1.807, 2.05) is 12.1 Å². The van der Waals surface area contributed by atoms with Gasteiger partial charge in [0.05, 0.1) is 12.2 Å². The standard InChI is InChI=1S/C17H29NO2/c1-14(2)10-11-20-16-8-6-15(7-9-16)12-18-13-17(3,4)19-5/h6-9,14,18H,10-13H2,1-5H3. The fourth-order valence-electron chi connectivity index (χ4n) is 1.70. The lowest BCUT2D eigenvalue weighted by Crippen LogP contribution is -2.36. The number of ether oxygens (including phenoxy) is 2. The molecule has 0 saturated carbocycles. The van der Waals surface area contributed by atoms with Gasteiger partial charge in [-0.05, 0) is 43.9 Å². The Morgan fingerprint density at radius 3 is 2.35 bits per heavy atom. The third-order valence-corrected chi connectivity index (χ3v) is 3.32. The summed E-state index contributed by atoms with van der Waals surface area (Å²) in [4.78, 5) is 0. The molecule has 0 aromatic heterocycles. The van der Waals surface area contributed by atoms with Crippen molar-refractivity contribution >= 4 is 0 Å². The van der Waals surface area contributed by atoms with Crippen LogP contribution in [0.3, 0.4) is 0 Å². The van der Waals surface area contributed by atoms with Gasteiger partial charge in [0.15, 0.2) is 0 Å². The van der Waals surface area contributed by atoms with Crippen molar-refractivity contribution in [2.24, 2.45) is 5.92 Å². The van der Waals surface area contributed by atoms with E-state index in [2.05, 4.69) is 45.1 Å². The zero-order chi connectivity index (χ0) is 15.0. The van der Waals surface area contributed by atoms with Crippen LogP contribution in [0.5, 0.6) is 5.75 Å². The Labute approximate surface area is 123 Å². The molecule has 3 heteroatoms. The van der Waals surface area contributed by atoms with Gasteiger partial charge in [-0.15, -0.1) is 0 Å². The second-order valence-electron chi connectivity index (χ2n) is 6.24. The molecule has 0 heterocycles. The Balaban J connectivity index is 2.31. The topological polar surface area (TPSA) is 30.5 Å². The summed E-state index contributed by atoms with van der Waals surface area (Å²) in [7, 11) is 1.74. The van der Waals surface area contributed by atoms with E-state index in [0.29, 0.717) is 5.92 Å². The summed E-state index contributed by atoms with van der Waals surface area (Å²) in [6, 6.07) is 8.30. The molecule has 0 aliphatic rings. The maximum absolute atomic E-state index is 5.71. The first kappa shape index (κ1) is 17.0. The van der Waals surface area contributed by atoms with Gasteiger partial charge in [0.2, 0.25) is 0 Å². The highest BCUT2D eigenvalue weighted by atomic mass is 16.5. The molecule has 0 amide bonds. The van der Waals surface area contributed by atoms with Crippen molar-refractivity contribution in [1.82, 2.24) is 5.32 Å². The van der Waals surface area contributed by atoms with E-state index >= 15 is 0 Å². The van der Waals surface area contributed by atoms with Gasteiger partial charge < -0.3 is 14.8 Å². The summed E-state index contributed by atoms with van der Waals surface area (Å²) in [5, 5.41) is 3.40. The summed E-state index contributed by atoms with van der Waals surface area (Å²) >= 11 is 0. The summed E-state index contributed by atoms with van der Waals surface area (Å²) in [6.07, 6.45) is 1.09. The number of methoxy groups -OCH3 is 1.